The zero-order chi connectivity index (χ0) is 20.1. The maximum atomic E-state index is 12.4. The van der Waals surface area contributed by atoms with Crippen LogP contribution in [-0.4, -0.2) is 32.9 Å². The number of carbonyl (C=O) groups is 1. The summed E-state index contributed by atoms with van der Waals surface area (Å²) in [6.45, 7) is -2.06. The smallest absolute Gasteiger partial charge is 0.387 e. The fourth-order valence-electron chi connectivity index (χ4n) is 2.59. The molecule has 0 saturated heterocycles. The van der Waals surface area contributed by atoms with Gasteiger partial charge in [0.25, 0.3) is 0 Å². The van der Waals surface area contributed by atoms with Crippen molar-refractivity contribution < 1.29 is 37.3 Å². The van der Waals surface area contributed by atoms with E-state index in [1.165, 1.54) is 25.3 Å². The molecule has 2 aromatic carbocycles. The third-order valence-electron chi connectivity index (χ3n) is 3.85. The quantitative estimate of drug-likeness (QED) is 0.650. The number of hydrogen-bond acceptors (Lipinski definition) is 6. The monoisotopic (exact) mass is 414 g/mol. The molecular formula is C19H17ClF2O6. The number of benzene rings is 2. The van der Waals surface area contributed by atoms with Gasteiger partial charge in [-0.1, -0.05) is 11.6 Å². The van der Waals surface area contributed by atoms with Gasteiger partial charge in [-0.25, -0.2) is 4.79 Å². The summed E-state index contributed by atoms with van der Waals surface area (Å²) in [6, 6.07) is 7.11. The van der Waals surface area contributed by atoms with E-state index in [1.807, 2.05) is 0 Å². The minimum absolute atomic E-state index is 0.00614. The molecule has 9 heteroatoms. The second kappa shape index (κ2) is 8.97. The topological polar surface area (TPSA) is 63.2 Å². The second-order valence-electron chi connectivity index (χ2n) is 5.78. The van der Waals surface area contributed by atoms with Gasteiger partial charge in [0, 0.05) is 6.42 Å². The van der Waals surface area contributed by atoms with E-state index in [-0.39, 0.29) is 23.7 Å². The molecule has 1 heterocycles. The average molecular weight is 415 g/mol. The number of fused-ring (bicyclic) bond motifs is 1. The Bertz CT molecular complexity index is 859. The second-order valence-corrected chi connectivity index (χ2v) is 6.18. The van der Waals surface area contributed by atoms with E-state index in [2.05, 4.69) is 4.74 Å². The molecule has 1 aliphatic heterocycles. The molecule has 0 fully saturated rings. The Morgan fingerprint density at radius 2 is 1.96 bits per heavy atom. The summed E-state index contributed by atoms with van der Waals surface area (Å²) in [7, 11) is 1.28. The van der Waals surface area contributed by atoms with Crippen molar-refractivity contribution in [1.82, 2.24) is 0 Å². The molecule has 2 aromatic rings. The van der Waals surface area contributed by atoms with Crippen molar-refractivity contribution in [2.45, 2.75) is 19.6 Å². The van der Waals surface area contributed by atoms with Crippen molar-refractivity contribution in [2.24, 2.45) is 0 Å². The minimum Gasteiger partial charge on any atom is -0.493 e. The summed E-state index contributed by atoms with van der Waals surface area (Å²) in [4.78, 5) is 12.3. The van der Waals surface area contributed by atoms with E-state index >= 15 is 0 Å². The van der Waals surface area contributed by atoms with E-state index in [0.29, 0.717) is 35.3 Å². The van der Waals surface area contributed by atoms with Crippen molar-refractivity contribution >= 4 is 17.6 Å². The van der Waals surface area contributed by atoms with Crippen LogP contribution in [0.2, 0.25) is 5.02 Å². The van der Waals surface area contributed by atoms with Gasteiger partial charge < -0.3 is 23.7 Å². The molecule has 0 unspecified atom stereocenters. The van der Waals surface area contributed by atoms with Gasteiger partial charge in [-0.05, 0) is 35.9 Å². The first-order chi connectivity index (χ1) is 13.5. The van der Waals surface area contributed by atoms with Crippen LogP contribution in [-0.2, 0) is 11.3 Å². The van der Waals surface area contributed by atoms with Crippen molar-refractivity contribution in [3.8, 4) is 23.0 Å². The maximum absolute atomic E-state index is 12.4. The summed E-state index contributed by atoms with van der Waals surface area (Å²) in [5.41, 5.74) is 0.742. The van der Waals surface area contributed by atoms with Gasteiger partial charge in [0.2, 0.25) is 0 Å². The predicted molar refractivity (Wildman–Crippen MR) is 95.8 cm³/mol. The summed E-state index contributed by atoms with van der Waals surface area (Å²) in [5, 5.41) is 0.362. The van der Waals surface area contributed by atoms with Gasteiger partial charge in [-0.15, -0.1) is 0 Å². The predicted octanol–water partition coefficient (Wildman–Crippen LogP) is 4.47. The van der Waals surface area contributed by atoms with Crippen LogP contribution in [0.25, 0.3) is 0 Å². The minimum atomic E-state index is -3.00. The zero-order valence-electron chi connectivity index (χ0n) is 14.9. The van der Waals surface area contributed by atoms with Gasteiger partial charge >= 0.3 is 12.6 Å². The molecule has 3 rings (SSSR count). The van der Waals surface area contributed by atoms with E-state index in [1.54, 1.807) is 12.1 Å². The average Bonchev–Trinajstić information content (AvgIpc) is 2.92. The van der Waals surface area contributed by atoms with Crippen LogP contribution in [0.5, 0.6) is 23.0 Å². The molecule has 150 valence electrons. The Hall–Kier alpha value is -2.74. The normalized spacial score (nSPS) is 13.0. The number of halogens is 3. The molecule has 0 atom stereocenters. The van der Waals surface area contributed by atoms with Crippen LogP contribution >= 0.6 is 11.6 Å². The van der Waals surface area contributed by atoms with Crippen LogP contribution in [0, 0.1) is 0 Å². The number of hydrogen-bond donors (Lipinski definition) is 0. The first-order valence-electron chi connectivity index (χ1n) is 8.36. The highest BCUT2D eigenvalue weighted by Crippen LogP contribution is 2.38. The molecular weight excluding hydrogens is 398 g/mol. The summed E-state index contributed by atoms with van der Waals surface area (Å²) in [6.07, 6.45) is 0.739. The Morgan fingerprint density at radius 3 is 2.71 bits per heavy atom. The Labute approximate surface area is 164 Å². The molecule has 0 aromatic heterocycles. The Morgan fingerprint density at radius 1 is 1.18 bits per heavy atom. The molecule has 0 saturated carbocycles. The number of ether oxygens (including phenoxy) is 5. The van der Waals surface area contributed by atoms with Gasteiger partial charge in [0.1, 0.15) is 6.61 Å². The zero-order valence-corrected chi connectivity index (χ0v) is 15.6. The van der Waals surface area contributed by atoms with Crippen molar-refractivity contribution in [1.29, 1.82) is 0 Å². The fraction of sp³-hybridized carbons (Fsp3) is 0.316. The largest absolute Gasteiger partial charge is 0.493 e. The maximum Gasteiger partial charge on any atom is 0.387 e. The first kappa shape index (κ1) is 20.0. The number of rotatable bonds is 6. The van der Waals surface area contributed by atoms with Gasteiger partial charge in [0.15, 0.2) is 23.0 Å². The summed E-state index contributed by atoms with van der Waals surface area (Å²) < 4.78 is 50.5. The third-order valence-corrected chi connectivity index (χ3v) is 4.13. The molecule has 28 heavy (non-hydrogen) atoms. The lowest BCUT2D eigenvalue weighted by molar-refractivity contribution is -0.0512. The lowest BCUT2D eigenvalue weighted by atomic mass is 10.2. The Balaban J connectivity index is 1.70. The number of esters is 1. The van der Waals surface area contributed by atoms with Gasteiger partial charge in [-0.2, -0.15) is 8.78 Å². The summed E-state index contributed by atoms with van der Waals surface area (Å²) in [5.74, 6) is 0.113. The van der Waals surface area contributed by atoms with E-state index in [0.717, 1.165) is 6.42 Å². The van der Waals surface area contributed by atoms with Gasteiger partial charge in [0.05, 0.1) is 30.9 Å². The van der Waals surface area contributed by atoms with Crippen molar-refractivity contribution in [3.63, 3.8) is 0 Å². The standard InChI is InChI=1S/C19H17ClF2O6/c1-24-15-9-12(3-4-14(15)28-19(21)22)18(23)27-10-11-7-13(20)17-16(8-11)25-5-2-6-26-17/h3-4,7-9,19H,2,5-6,10H2,1H3. The molecule has 0 bridgehead atoms. The molecule has 0 spiro atoms. The summed E-state index contributed by atoms with van der Waals surface area (Å²) >= 11 is 6.21. The fourth-order valence-corrected chi connectivity index (χ4v) is 2.88. The van der Waals surface area contributed by atoms with E-state index < -0.39 is 12.6 Å². The lowest BCUT2D eigenvalue weighted by Crippen LogP contribution is -2.08. The number of carbonyl (C=O) groups excluding carboxylic acids is 1. The highest BCUT2D eigenvalue weighted by molar-refractivity contribution is 6.32. The first-order valence-corrected chi connectivity index (χ1v) is 8.73. The van der Waals surface area contributed by atoms with Crippen molar-refractivity contribution in [2.75, 3.05) is 20.3 Å². The SMILES string of the molecule is COc1cc(C(=O)OCc2cc(Cl)c3c(c2)OCCCO3)ccc1OC(F)F. The highest BCUT2D eigenvalue weighted by atomic mass is 35.5. The van der Waals surface area contributed by atoms with E-state index in [4.69, 9.17) is 30.5 Å². The Kier molecular flexibility index (Phi) is 6.41. The molecule has 1 aliphatic rings. The third kappa shape index (κ3) is 4.75. The van der Waals surface area contributed by atoms with Crippen LogP contribution < -0.4 is 18.9 Å². The van der Waals surface area contributed by atoms with Crippen LogP contribution in [0.15, 0.2) is 30.3 Å². The van der Waals surface area contributed by atoms with Crippen LogP contribution in [0.1, 0.15) is 22.3 Å². The van der Waals surface area contributed by atoms with Gasteiger partial charge in [-0.3, -0.25) is 0 Å². The van der Waals surface area contributed by atoms with Crippen LogP contribution in [0.4, 0.5) is 8.78 Å². The highest BCUT2D eigenvalue weighted by Gasteiger charge is 2.18. The molecule has 0 aliphatic carbocycles. The van der Waals surface area contributed by atoms with Crippen LogP contribution in [0.3, 0.4) is 0 Å². The lowest BCUT2D eigenvalue weighted by Gasteiger charge is -2.13. The molecule has 0 amide bonds. The molecule has 0 radical (unpaired) electrons. The molecule has 6 nitrogen and oxygen atoms in total. The molecule has 0 N–H and O–H groups in total. The van der Waals surface area contributed by atoms with Crippen molar-refractivity contribution in [3.05, 3.63) is 46.5 Å². The van der Waals surface area contributed by atoms with E-state index in [9.17, 15) is 13.6 Å². The number of alkyl halides is 2. The number of methoxy groups -OCH3 is 1.